The molecular formula is C16H24BrN3O2S. The first-order valence-electron chi connectivity index (χ1n) is 7.84. The molecule has 1 aromatic carbocycles. The fourth-order valence-electron chi connectivity index (χ4n) is 2.64. The van der Waals surface area contributed by atoms with Gasteiger partial charge in [-0.1, -0.05) is 28.1 Å². The summed E-state index contributed by atoms with van der Waals surface area (Å²) < 4.78 is 24.1. The highest BCUT2D eigenvalue weighted by atomic mass is 79.9. The Balaban J connectivity index is 1.98. The summed E-state index contributed by atoms with van der Waals surface area (Å²) in [5, 5.41) is 3.28. The Hall–Kier alpha value is -1.08. The van der Waals surface area contributed by atoms with Gasteiger partial charge in [0, 0.05) is 31.2 Å². The van der Waals surface area contributed by atoms with Gasteiger partial charge in [-0.05, 0) is 37.0 Å². The summed E-state index contributed by atoms with van der Waals surface area (Å²) in [6.07, 6.45) is 0.724. The first-order valence-corrected chi connectivity index (χ1v) is 10.5. The zero-order valence-electron chi connectivity index (χ0n) is 13.6. The molecule has 0 aromatic heterocycles. The minimum atomic E-state index is -2.84. The van der Waals surface area contributed by atoms with Crippen molar-refractivity contribution in [1.82, 2.24) is 10.2 Å². The molecule has 1 aromatic rings. The quantitative estimate of drug-likeness (QED) is 0.607. The normalized spacial score (nSPS) is 20.5. The molecule has 0 bridgehead atoms. The van der Waals surface area contributed by atoms with E-state index in [1.807, 2.05) is 26.1 Å². The monoisotopic (exact) mass is 401 g/mol. The van der Waals surface area contributed by atoms with Gasteiger partial charge in [-0.25, -0.2) is 8.42 Å². The van der Waals surface area contributed by atoms with Gasteiger partial charge in [-0.15, -0.1) is 0 Å². The minimum absolute atomic E-state index is 0.148. The Morgan fingerprint density at radius 3 is 2.65 bits per heavy atom. The molecule has 1 N–H and O–H groups in total. The number of halogens is 1. The molecule has 2 rings (SSSR count). The number of aliphatic imine (C=N–C) groups is 1. The molecule has 7 heteroatoms. The number of nitrogens with one attached hydrogen (secondary N) is 1. The van der Waals surface area contributed by atoms with Crippen LogP contribution in [0.5, 0.6) is 0 Å². The fraction of sp³-hybridized carbons (Fsp3) is 0.562. The molecular weight excluding hydrogens is 378 g/mol. The van der Waals surface area contributed by atoms with Crippen LogP contribution in [0.2, 0.25) is 0 Å². The van der Waals surface area contributed by atoms with Crippen LogP contribution in [0.15, 0.2) is 33.7 Å². The predicted octanol–water partition coefficient (Wildman–Crippen LogP) is 2.28. The van der Waals surface area contributed by atoms with Crippen molar-refractivity contribution in [1.29, 1.82) is 0 Å². The lowest BCUT2D eigenvalue weighted by Crippen LogP contribution is -2.38. The van der Waals surface area contributed by atoms with E-state index < -0.39 is 9.84 Å². The predicted molar refractivity (Wildman–Crippen MR) is 98.3 cm³/mol. The average molecular weight is 402 g/mol. The molecule has 0 radical (unpaired) electrons. The molecule has 0 saturated carbocycles. The van der Waals surface area contributed by atoms with E-state index in [1.165, 1.54) is 5.56 Å². The third-order valence-corrected chi connectivity index (χ3v) is 6.22. The van der Waals surface area contributed by atoms with Crippen molar-refractivity contribution in [2.75, 3.05) is 31.6 Å². The van der Waals surface area contributed by atoms with Crippen LogP contribution in [0.25, 0.3) is 0 Å². The number of rotatable bonds is 5. The molecule has 5 nitrogen and oxygen atoms in total. The van der Waals surface area contributed by atoms with E-state index in [9.17, 15) is 8.42 Å². The first-order chi connectivity index (χ1) is 10.9. The number of guanidine groups is 1. The van der Waals surface area contributed by atoms with Crippen LogP contribution in [0, 0.1) is 5.92 Å². The molecule has 0 spiro atoms. The number of nitrogens with zero attached hydrogens (tertiary/aromatic N) is 2. The van der Waals surface area contributed by atoms with Gasteiger partial charge in [0.1, 0.15) is 0 Å². The highest BCUT2D eigenvalue weighted by molar-refractivity contribution is 9.10. The standard InChI is InChI=1S/C16H24BrN3O2S/c1-3-18-16(19-10-14-8-9-23(21,22)12-14)20(2)11-13-4-6-15(17)7-5-13/h4-7,14H,3,8-12H2,1-2H3,(H,18,19). The largest absolute Gasteiger partial charge is 0.357 e. The van der Waals surface area contributed by atoms with Gasteiger partial charge in [-0.3, -0.25) is 4.99 Å². The van der Waals surface area contributed by atoms with E-state index in [0.717, 1.165) is 29.9 Å². The smallest absolute Gasteiger partial charge is 0.193 e. The van der Waals surface area contributed by atoms with Gasteiger partial charge >= 0.3 is 0 Å². The lowest BCUT2D eigenvalue weighted by atomic mass is 10.1. The number of benzene rings is 1. The van der Waals surface area contributed by atoms with Gasteiger partial charge in [0.05, 0.1) is 11.5 Å². The van der Waals surface area contributed by atoms with Crippen LogP contribution in [0.3, 0.4) is 0 Å². The molecule has 1 unspecified atom stereocenters. The molecule has 1 aliphatic heterocycles. The summed E-state index contributed by atoms with van der Waals surface area (Å²) in [4.78, 5) is 6.70. The fourth-order valence-corrected chi connectivity index (χ4v) is 4.75. The van der Waals surface area contributed by atoms with Crippen molar-refractivity contribution < 1.29 is 8.42 Å². The summed E-state index contributed by atoms with van der Waals surface area (Å²) in [5.41, 5.74) is 1.20. The van der Waals surface area contributed by atoms with Crippen LogP contribution in [0.1, 0.15) is 18.9 Å². The maximum Gasteiger partial charge on any atom is 0.193 e. The van der Waals surface area contributed by atoms with Crippen molar-refractivity contribution in [3.63, 3.8) is 0 Å². The second-order valence-electron chi connectivity index (χ2n) is 5.95. The van der Waals surface area contributed by atoms with Gasteiger partial charge in [0.15, 0.2) is 15.8 Å². The summed E-state index contributed by atoms with van der Waals surface area (Å²) in [6.45, 7) is 4.13. The van der Waals surface area contributed by atoms with Crippen LogP contribution < -0.4 is 5.32 Å². The van der Waals surface area contributed by atoms with E-state index in [-0.39, 0.29) is 11.7 Å². The highest BCUT2D eigenvalue weighted by Crippen LogP contribution is 2.18. The molecule has 0 amide bonds. The van der Waals surface area contributed by atoms with Gasteiger partial charge in [-0.2, -0.15) is 0 Å². The SMILES string of the molecule is CCNC(=NCC1CCS(=O)(=O)C1)N(C)Cc1ccc(Br)cc1. The van der Waals surface area contributed by atoms with Gasteiger partial charge < -0.3 is 10.2 Å². The second-order valence-corrected chi connectivity index (χ2v) is 9.09. The zero-order valence-corrected chi connectivity index (χ0v) is 16.0. The van der Waals surface area contributed by atoms with E-state index in [2.05, 4.69) is 43.3 Å². The van der Waals surface area contributed by atoms with Crippen molar-refractivity contribution in [3.05, 3.63) is 34.3 Å². The van der Waals surface area contributed by atoms with E-state index >= 15 is 0 Å². The molecule has 23 heavy (non-hydrogen) atoms. The zero-order chi connectivity index (χ0) is 16.9. The topological polar surface area (TPSA) is 61.8 Å². The highest BCUT2D eigenvalue weighted by Gasteiger charge is 2.27. The lowest BCUT2D eigenvalue weighted by Gasteiger charge is -2.22. The van der Waals surface area contributed by atoms with E-state index in [1.54, 1.807) is 0 Å². The molecule has 1 saturated heterocycles. The van der Waals surface area contributed by atoms with Crippen LogP contribution in [-0.2, 0) is 16.4 Å². The first kappa shape index (κ1) is 18.3. The Labute approximate surface area is 147 Å². The maximum atomic E-state index is 11.5. The van der Waals surface area contributed by atoms with Crippen LogP contribution in [-0.4, -0.2) is 50.9 Å². The number of hydrogen-bond donors (Lipinski definition) is 1. The number of hydrogen-bond acceptors (Lipinski definition) is 3. The molecule has 1 aliphatic rings. The second kappa shape index (κ2) is 8.15. The van der Waals surface area contributed by atoms with Crippen molar-refractivity contribution in [2.45, 2.75) is 19.9 Å². The Bertz CT molecular complexity index is 644. The summed E-state index contributed by atoms with van der Waals surface area (Å²) in [6, 6.07) is 8.20. The van der Waals surface area contributed by atoms with Crippen LogP contribution >= 0.6 is 15.9 Å². The van der Waals surface area contributed by atoms with E-state index in [0.29, 0.717) is 12.3 Å². The summed E-state index contributed by atoms with van der Waals surface area (Å²) in [7, 11) is -0.841. The summed E-state index contributed by atoms with van der Waals surface area (Å²) >= 11 is 3.44. The third kappa shape index (κ3) is 5.80. The number of sulfone groups is 1. The minimum Gasteiger partial charge on any atom is -0.357 e. The Morgan fingerprint density at radius 2 is 2.09 bits per heavy atom. The van der Waals surface area contributed by atoms with E-state index in [4.69, 9.17) is 0 Å². The molecule has 0 aliphatic carbocycles. The molecule has 128 valence electrons. The van der Waals surface area contributed by atoms with Gasteiger partial charge in [0.25, 0.3) is 0 Å². The summed E-state index contributed by atoms with van der Waals surface area (Å²) in [5.74, 6) is 1.54. The van der Waals surface area contributed by atoms with Crippen LogP contribution in [0.4, 0.5) is 0 Å². The maximum absolute atomic E-state index is 11.5. The van der Waals surface area contributed by atoms with Crippen molar-refractivity contribution in [3.8, 4) is 0 Å². The van der Waals surface area contributed by atoms with Crippen molar-refractivity contribution >= 4 is 31.7 Å². The lowest BCUT2D eigenvalue weighted by molar-refractivity contribution is 0.472. The molecule has 1 atom stereocenters. The third-order valence-electron chi connectivity index (χ3n) is 3.86. The average Bonchev–Trinajstić information content (AvgIpc) is 2.85. The Kier molecular flexibility index (Phi) is 6.47. The van der Waals surface area contributed by atoms with Crippen molar-refractivity contribution in [2.24, 2.45) is 10.9 Å². The molecule has 1 heterocycles. The Morgan fingerprint density at radius 1 is 1.39 bits per heavy atom. The van der Waals surface area contributed by atoms with Gasteiger partial charge in [0.2, 0.25) is 0 Å². The molecule has 1 fully saturated rings.